The number of carbonyl (C=O) groups excluding carboxylic acids is 1. The maximum Gasteiger partial charge on any atom is 0.369 e. The third-order valence-electron chi connectivity index (χ3n) is 4.92. The third kappa shape index (κ3) is 3.31. The molecule has 1 atom stereocenters. The van der Waals surface area contributed by atoms with Gasteiger partial charge in [0.2, 0.25) is 5.91 Å². The van der Waals surface area contributed by atoms with Crippen LogP contribution in [0, 0.1) is 6.92 Å². The zero-order valence-electron chi connectivity index (χ0n) is 15.9. The van der Waals surface area contributed by atoms with E-state index in [0.717, 1.165) is 21.5 Å². The number of carbonyl (C=O) groups is 1. The lowest BCUT2D eigenvalue weighted by Gasteiger charge is -2.21. The molecule has 9 heteroatoms. The molecule has 1 unspecified atom stereocenters. The van der Waals surface area contributed by atoms with Crippen molar-refractivity contribution in [2.24, 2.45) is 5.10 Å². The maximum atomic E-state index is 12.1. The highest BCUT2D eigenvalue weighted by Crippen LogP contribution is 2.36. The number of hydrazone groups is 1. The van der Waals surface area contributed by atoms with Crippen molar-refractivity contribution in [2.75, 3.05) is 5.84 Å². The van der Waals surface area contributed by atoms with Gasteiger partial charge in [0.05, 0.1) is 17.4 Å². The molecular weight excluding hydrogens is 392 g/mol. The lowest BCUT2D eigenvalue weighted by atomic mass is 9.98. The summed E-state index contributed by atoms with van der Waals surface area (Å²) in [5.41, 5.74) is 2.65. The minimum Gasteiger partial charge on any atom is -0.333 e. The van der Waals surface area contributed by atoms with Gasteiger partial charge in [-0.15, -0.1) is 5.10 Å². The van der Waals surface area contributed by atoms with E-state index in [1.165, 1.54) is 16.6 Å². The Hall–Kier alpha value is -3.39. The van der Waals surface area contributed by atoms with E-state index < -0.39 is 5.69 Å². The number of halogens is 1. The lowest BCUT2D eigenvalue weighted by Crippen LogP contribution is -2.29. The quantitative estimate of drug-likeness (QED) is 0.670. The molecule has 1 aliphatic rings. The van der Waals surface area contributed by atoms with Crippen LogP contribution in [0.4, 0.5) is 0 Å². The third-order valence-corrected chi connectivity index (χ3v) is 5.27. The molecule has 29 heavy (non-hydrogen) atoms. The number of amides is 1. The summed E-state index contributed by atoms with van der Waals surface area (Å²) in [6.45, 7) is 3.14. The van der Waals surface area contributed by atoms with Crippen LogP contribution in [-0.4, -0.2) is 31.1 Å². The van der Waals surface area contributed by atoms with E-state index in [4.69, 9.17) is 17.4 Å². The van der Waals surface area contributed by atoms with Crippen LogP contribution in [0.25, 0.3) is 5.69 Å². The Kier molecular flexibility index (Phi) is 4.71. The molecular formula is C20H19ClN6O2. The van der Waals surface area contributed by atoms with Gasteiger partial charge in [-0.05, 0) is 36.2 Å². The van der Waals surface area contributed by atoms with Crippen molar-refractivity contribution in [3.8, 4) is 5.69 Å². The second-order valence-corrected chi connectivity index (χ2v) is 7.22. The van der Waals surface area contributed by atoms with Gasteiger partial charge < -0.3 is 5.84 Å². The summed E-state index contributed by atoms with van der Waals surface area (Å²) in [5.74, 6) is 5.91. The van der Waals surface area contributed by atoms with E-state index >= 15 is 0 Å². The monoisotopic (exact) mass is 410 g/mol. The smallest absolute Gasteiger partial charge is 0.333 e. The van der Waals surface area contributed by atoms with Crippen LogP contribution >= 0.6 is 11.6 Å². The number of hydrogen-bond acceptors (Lipinski definition) is 5. The number of nitrogen functional groups attached to an aromatic ring is 1. The first-order chi connectivity index (χ1) is 13.9. The molecule has 4 rings (SSSR count). The van der Waals surface area contributed by atoms with E-state index in [2.05, 4.69) is 10.2 Å². The molecule has 1 amide bonds. The zero-order chi connectivity index (χ0) is 20.7. The molecule has 0 aliphatic carbocycles. The van der Waals surface area contributed by atoms with Crippen molar-refractivity contribution < 1.29 is 4.79 Å². The first kappa shape index (κ1) is 18.9. The number of aryl methyl sites for hydroxylation is 1. The Morgan fingerprint density at radius 2 is 1.86 bits per heavy atom. The fourth-order valence-corrected chi connectivity index (χ4v) is 3.66. The summed E-state index contributed by atoms with van der Waals surface area (Å²) in [5, 5.41) is 10.7. The first-order valence-corrected chi connectivity index (χ1v) is 9.41. The van der Waals surface area contributed by atoms with Crippen LogP contribution in [0.1, 0.15) is 36.3 Å². The molecule has 1 aromatic heterocycles. The molecule has 0 fully saturated rings. The summed E-state index contributed by atoms with van der Waals surface area (Å²) in [4.78, 5) is 24.3. The van der Waals surface area contributed by atoms with E-state index in [9.17, 15) is 9.59 Å². The minimum atomic E-state index is -0.421. The molecule has 148 valence electrons. The van der Waals surface area contributed by atoms with Gasteiger partial charge in [0.25, 0.3) is 0 Å². The molecule has 0 saturated heterocycles. The van der Waals surface area contributed by atoms with Gasteiger partial charge in [0.15, 0.2) is 5.82 Å². The highest BCUT2D eigenvalue weighted by Gasteiger charge is 2.32. The molecule has 0 saturated carbocycles. The van der Waals surface area contributed by atoms with Gasteiger partial charge in [-0.3, -0.25) is 4.79 Å². The molecule has 1 aliphatic heterocycles. The van der Waals surface area contributed by atoms with Crippen molar-refractivity contribution in [1.82, 2.24) is 19.5 Å². The summed E-state index contributed by atoms with van der Waals surface area (Å²) >= 11 is 6.35. The van der Waals surface area contributed by atoms with Crippen molar-refractivity contribution in [2.45, 2.75) is 26.3 Å². The van der Waals surface area contributed by atoms with Gasteiger partial charge in [-0.2, -0.15) is 14.5 Å². The molecule has 2 aromatic carbocycles. The van der Waals surface area contributed by atoms with Crippen LogP contribution < -0.4 is 11.5 Å². The Morgan fingerprint density at radius 3 is 2.45 bits per heavy atom. The average molecular weight is 411 g/mol. The van der Waals surface area contributed by atoms with Gasteiger partial charge in [0, 0.05) is 18.4 Å². The molecule has 3 aromatic rings. The highest BCUT2D eigenvalue weighted by molar-refractivity contribution is 6.31. The zero-order valence-corrected chi connectivity index (χ0v) is 16.7. The second kappa shape index (κ2) is 7.21. The van der Waals surface area contributed by atoms with Gasteiger partial charge >= 0.3 is 5.69 Å². The Balaban J connectivity index is 1.65. The summed E-state index contributed by atoms with van der Waals surface area (Å²) in [7, 11) is 0. The molecule has 0 bridgehead atoms. The molecule has 2 heterocycles. The fourth-order valence-electron chi connectivity index (χ4n) is 3.40. The van der Waals surface area contributed by atoms with Crippen molar-refractivity contribution in [3.63, 3.8) is 0 Å². The van der Waals surface area contributed by atoms with E-state index in [1.54, 1.807) is 25.1 Å². The average Bonchev–Trinajstić information content (AvgIpc) is 3.26. The van der Waals surface area contributed by atoms with Gasteiger partial charge in [0.1, 0.15) is 0 Å². The predicted molar refractivity (Wildman–Crippen MR) is 111 cm³/mol. The first-order valence-electron chi connectivity index (χ1n) is 9.03. The largest absolute Gasteiger partial charge is 0.369 e. The van der Waals surface area contributed by atoms with E-state index in [1.807, 2.05) is 30.3 Å². The molecule has 8 nitrogen and oxygen atoms in total. The van der Waals surface area contributed by atoms with Crippen LogP contribution in [-0.2, 0) is 4.79 Å². The number of nitrogens with two attached hydrogens (primary N) is 1. The Morgan fingerprint density at radius 1 is 1.17 bits per heavy atom. The van der Waals surface area contributed by atoms with Crippen molar-refractivity contribution in [3.05, 3.63) is 81.0 Å². The molecule has 2 N–H and O–H groups in total. The Labute approximate surface area is 171 Å². The highest BCUT2D eigenvalue weighted by atomic mass is 35.5. The Bertz CT molecular complexity index is 1180. The van der Waals surface area contributed by atoms with Crippen molar-refractivity contribution >= 4 is 23.2 Å². The predicted octanol–water partition coefficient (Wildman–Crippen LogP) is 2.41. The lowest BCUT2D eigenvalue weighted by molar-refractivity contribution is -0.130. The van der Waals surface area contributed by atoms with Crippen LogP contribution in [0.15, 0.2) is 58.4 Å². The van der Waals surface area contributed by atoms with Gasteiger partial charge in [-0.1, -0.05) is 41.9 Å². The topological polar surface area (TPSA) is 98.5 Å². The van der Waals surface area contributed by atoms with Crippen LogP contribution in [0.3, 0.4) is 0 Å². The number of aromatic nitrogens is 3. The maximum absolute atomic E-state index is 12.1. The van der Waals surface area contributed by atoms with Crippen LogP contribution in [0.5, 0.6) is 0 Å². The number of benzene rings is 2. The number of rotatable bonds is 3. The van der Waals surface area contributed by atoms with Crippen molar-refractivity contribution in [1.29, 1.82) is 0 Å². The summed E-state index contributed by atoms with van der Waals surface area (Å²) in [6, 6.07) is 14.4. The summed E-state index contributed by atoms with van der Waals surface area (Å²) < 4.78 is 2.23. The normalized spacial score (nSPS) is 16.2. The number of hydrogen-bond donors (Lipinski definition) is 1. The SMILES string of the molecule is CC(=O)N1N=C(c2ccc(-n3nc(C)n(N)c3=O)cc2)CC1c1ccccc1Cl. The minimum absolute atomic E-state index is 0.156. The van der Waals surface area contributed by atoms with Gasteiger partial charge in [-0.25, -0.2) is 9.80 Å². The second-order valence-electron chi connectivity index (χ2n) is 6.81. The standard InChI is InChI=1S/C20H19ClN6O2/c1-12-23-27(20(29)25(12)22)15-9-7-14(8-10-15)18-11-19(26(24-18)13(2)28)16-5-3-4-6-17(16)21/h3-10,19H,11,22H2,1-2H3. The molecule has 0 spiro atoms. The van der Waals surface area contributed by atoms with E-state index in [-0.39, 0.29) is 11.9 Å². The van der Waals surface area contributed by atoms with Crippen LogP contribution in [0.2, 0.25) is 5.02 Å². The molecule has 0 radical (unpaired) electrons. The summed E-state index contributed by atoms with van der Waals surface area (Å²) in [6.07, 6.45) is 0.541. The number of nitrogens with zero attached hydrogens (tertiary/aromatic N) is 5. The fraction of sp³-hybridized carbons (Fsp3) is 0.200. The van der Waals surface area contributed by atoms with E-state index in [0.29, 0.717) is 23.0 Å².